The van der Waals surface area contributed by atoms with E-state index in [-0.39, 0.29) is 23.1 Å². The highest BCUT2D eigenvalue weighted by molar-refractivity contribution is 6.30. The van der Waals surface area contributed by atoms with Gasteiger partial charge >= 0.3 is 0 Å². The van der Waals surface area contributed by atoms with Crippen molar-refractivity contribution in [3.8, 4) is 0 Å². The molecule has 1 aromatic carbocycles. The van der Waals surface area contributed by atoms with Crippen LogP contribution < -0.4 is 5.56 Å². The molecule has 29 heavy (non-hydrogen) atoms. The molecule has 1 amide bonds. The van der Waals surface area contributed by atoms with E-state index in [1.807, 2.05) is 29.2 Å². The van der Waals surface area contributed by atoms with Gasteiger partial charge in [-0.15, -0.1) is 0 Å². The van der Waals surface area contributed by atoms with Crippen LogP contribution in [0.4, 0.5) is 0 Å². The summed E-state index contributed by atoms with van der Waals surface area (Å²) in [5.74, 6) is -0.169. The van der Waals surface area contributed by atoms with Crippen LogP contribution in [0.5, 0.6) is 0 Å². The largest absolute Gasteiger partial charge is 0.336 e. The number of carbonyl (C=O) groups is 1. The minimum Gasteiger partial charge on any atom is -0.336 e. The average Bonchev–Trinajstić information content (AvgIpc) is 2.76. The molecule has 0 unspecified atom stereocenters. The van der Waals surface area contributed by atoms with Crippen molar-refractivity contribution >= 4 is 28.5 Å². The van der Waals surface area contributed by atoms with Crippen molar-refractivity contribution in [2.45, 2.75) is 45.2 Å². The van der Waals surface area contributed by atoms with Gasteiger partial charge in [0.2, 0.25) is 0 Å². The molecule has 2 aromatic heterocycles. The highest BCUT2D eigenvalue weighted by Gasteiger charge is 2.28. The summed E-state index contributed by atoms with van der Waals surface area (Å²) in [5, 5.41) is 1.43. The van der Waals surface area contributed by atoms with Gasteiger partial charge in [0.15, 0.2) is 0 Å². The normalized spacial score (nSPS) is 16.9. The van der Waals surface area contributed by atoms with Crippen LogP contribution in [0.3, 0.4) is 0 Å². The fourth-order valence-electron chi connectivity index (χ4n) is 4.13. The zero-order chi connectivity index (χ0) is 20.4. The Morgan fingerprint density at radius 3 is 2.76 bits per heavy atom. The second-order valence-electron chi connectivity index (χ2n) is 7.55. The minimum absolute atomic E-state index is 0.169. The average molecular weight is 410 g/mol. The summed E-state index contributed by atoms with van der Waals surface area (Å²) < 4.78 is 1.59. The Hall–Kier alpha value is -2.66. The predicted octanol–water partition coefficient (Wildman–Crippen LogP) is 4.50. The molecule has 1 fully saturated rings. The molecule has 4 rings (SSSR count). The number of likely N-dealkylation sites (tertiary alicyclic amines) is 1. The monoisotopic (exact) mass is 409 g/mol. The Balaban J connectivity index is 1.81. The van der Waals surface area contributed by atoms with Crippen molar-refractivity contribution in [3.05, 3.63) is 75.2 Å². The van der Waals surface area contributed by atoms with E-state index < -0.39 is 0 Å². The van der Waals surface area contributed by atoms with Crippen LogP contribution >= 0.6 is 11.6 Å². The molecule has 0 N–H and O–H groups in total. The standard InChI is InChI=1S/C23H24ClN3O2/c1-2-19-7-3-4-13-26(19)22(28)20-14-17-6-5-12-25-21(17)27(23(20)29)15-16-8-10-18(24)11-9-16/h5-6,8-12,14,19H,2-4,7,13,15H2,1H3/t19-/m1/s1. The maximum atomic E-state index is 13.4. The summed E-state index contributed by atoms with van der Waals surface area (Å²) >= 11 is 5.99. The van der Waals surface area contributed by atoms with E-state index >= 15 is 0 Å². The molecule has 0 bridgehead atoms. The van der Waals surface area contributed by atoms with E-state index in [9.17, 15) is 9.59 Å². The van der Waals surface area contributed by atoms with Crippen LogP contribution in [0.15, 0.2) is 53.5 Å². The topological polar surface area (TPSA) is 55.2 Å². The number of hydrogen-bond donors (Lipinski definition) is 0. The van der Waals surface area contributed by atoms with Gasteiger partial charge in [-0.25, -0.2) is 4.98 Å². The molecule has 0 aliphatic carbocycles. The molecule has 3 heterocycles. The predicted molar refractivity (Wildman–Crippen MR) is 116 cm³/mol. The highest BCUT2D eigenvalue weighted by Crippen LogP contribution is 2.22. The van der Waals surface area contributed by atoms with Crippen LogP contribution in [0, 0.1) is 0 Å². The van der Waals surface area contributed by atoms with Crippen molar-refractivity contribution < 1.29 is 4.79 Å². The first-order valence-corrected chi connectivity index (χ1v) is 10.5. The molecule has 0 saturated carbocycles. The zero-order valence-electron chi connectivity index (χ0n) is 16.5. The van der Waals surface area contributed by atoms with Gasteiger partial charge in [0.1, 0.15) is 11.2 Å². The molecular weight excluding hydrogens is 386 g/mol. The number of carbonyl (C=O) groups excluding carboxylic acids is 1. The number of rotatable bonds is 4. The first kappa shape index (κ1) is 19.6. The minimum atomic E-state index is -0.295. The van der Waals surface area contributed by atoms with Gasteiger partial charge in [-0.2, -0.15) is 0 Å². The first-order chi connectivity index (χ1) is 14.1. The number of halogens is 1. The molecule has 5 nitrogen and oxygen atoms in total. The summed E-state index contributed by atoms with van der Waals surface area (Å²) in [6.45, 7) is 3.14. The Morgan fingerprint density at radius 1 is 1.21 bits per heavy atom. The van der Waals surface area contributed by atoms with Crippen molar-refractivity contribution in [2.75, 3.05) is 6.54 Å². The van der Waals surface area contributed by atoms with Gasteiger partial charge in [-0.1, -0.05) is 30.7 Å². The number of nitrogens with zero attached hydrogens (tertiary/aromatic N) is 3. The van der Waals surface area contributed by atoms with Crippen molar-refractivity contribution in [3.63, 3.8) is 0 Å². The van der Waals surface area contributed by atoms with Gasteiger partial charge in [-0.05, 0) is 61.6 Å². The molecule has 3 aromatic rings. The van der Waals surface area contributed by atoms with Gasteiger partial charge in [0.05, 0.1) is 6.54 Å². The quantitative estimate of drug-likeness (QED) is 0.637. The fraction of sp³-hybridized carbons (Fsp3) is 0.348. The molecule has 1 atom stereocenters. The molecule has 1 saturated heterocycles. The third-order valence-corrected chi connectivity index (χ3v) is 5.94. The zero-order valence-corrected chi connectivity index (χ0v) is 17.2. The van der Waals surface area contributed by atoms with Crippen molar-refractivity contribution in [2.24, 2.45) is 0 Å². The van der Waals surface area contributed by atoms with Crippen LogP contribution in [-0.4, -0.2) is 32.9 Å². The second-order valence-corrected chi connectivity index (χ2v) is 7.98. The maximum Gasteiger partial charge on any atom is 0.265 e. The lowest BCUT2D eigenvalue weighted by Gasteiger charge is -2.35. The third kappa shape index (κ3) is 3.92. The van der Waals surface area contributed by atoms with Crippen molar-refractivity contribution in [1.82, 2.24) is 14.5 Å². The number of pyridine rings is 2. The van der Waals surface area contributed by atoms with Crippen LogP contribution in [0.2, 0.25) is 5.02 Å². The lowest BCUT2D eigenvalue weighted by molar-refractivity contribution is 0.0606. The lowest BCUT2D eigenvalue weighted by Crippen LogP contribution is -2.45. The Labute approximate surface area is 174 Å². The lowest BCUT2D eigenvalue weighted by atomic mass is 9.99. The number of fused-ring (bicyclic) bond motifs is 1. The Morgan fingerprint density at radius 2 is 2.00 bits per heavy atom. The van der Waals surface area contributed by atoms with E-state index in [1.54, 1.807) is 29.0 Å². The number of hydrogen-bond acceptors (Lipinski definition) is 3. The SMILES string of the molecule is CC[C@@H]1CCCCN1C(=O)c1cc2cccnc2n(Cc2ccc(Cl)cc2)c1=O. The number of piperidine rings is 1. The Bertz CT molecular complexity index is 1090. The summed E-state index contributed by atoms with van der Waals surface area (Å²) in [6.07, 6.45) is 5.68. The summed E-state index contributed by atoms with van der Waals surface area (Å²) in [7, 11) is 0. The fourth-order valence-corrected chi connectivity index (χ4v) is 4.25. The number of benzene rings is 1. The van der Waals surface area contributed by atoms with Gasteiger partial charge in [0.25, 0.3) is 11.5 Å². The molecule has 6 heteroatoms. The van der Waals surface area contributed by atoms with E-state index in [0.29, 0.717) is 23.8 Å². The molecular formula is C23H24ClN3O2. The molecule has 0 radical (unpaired) electrons. The Kier molecular flexibility index (Phi) is 5.67. The molecule has 0 spiro atoms. The van der Waals surface area contributed by atoms with Crippen molar-refractivity contribution in [1.29, 1.82) is 0 Å². The van der Waals surface area contributed by atoms with Crippen LogP contribution in [0.1, 0.15) is 48.5 Å². The van der Waals surface area contributed by atoms with E-state index in [1.165, 1.54) is 0 Å². The highest BCUT2D eigenvalue weighted by atomic mass is 35.5. The van der Waals surface area contributed by atoms with Gasteiger partial charge in [-0.3, -0.25) is 14.2 Å². The summed E-state index contributed by atoms with van der Waals surface area (Å²) in [4.78, 5) is 33.0. The van der Waals surface area contributed by atoms with Gasteiger partial charge in [0, 0.05) is 29.2 Å². The first-order valence-electron chi connectivity index (χ1n) is 10.1. The number of aromatic nitrogens is 2. The second kappa shape index (κ2) is 8.37. The van der Waals surface area contributed by atoms with Crippen LogP contribution in [0.25, 0.3) is 11.0 Å². The smallest absolute Gasteiger partial charge is 0.265 e. The third-order valence-electron chi connectivity index (χ3n) is 5.69. The molecule has 1 aliphatic rings. The summed E-state index contributed by atoms with van der Waals surface area (Å²) in [6, 6.07) is 13.0. The maximum absolute atomic E-state index is 13.4. The van der Waals surface area contributed by atoms with E-state index in [4.69, 9.17) is 11.6 Å². The van der Waals surface area contributed by atoms with Crippen LogP contribution in [-0.2, 0) is 6.54 Å². The molecule has 150 valence electrons. The number of amides is 1. The summed E-state index contributed by atoms with van der Waals surface area (Å²) in [5.41, 5.74) is 1.43. The molecule has 1 aliphatic heterocycles. The van der Waals surface area contributed by atoms with E-state index in [2.05, 4.69) is 11.9 Å². The van der Waals surface area contributed by atoms with Gasteiger partial charge < -0.3 is 4.90 Å². The van der Waals surface area contributed by atoms with E-state index in [0.717, 1.165) is 36.6 Å².